The third-order valence-corrected chi connectivity index (χ3v) is 9.93. The SMILES string of the molecule is CCCCCCCCCCCCCC(=O)N(CCc1ccccc1)C(C)c1nc2ccccc2c(=O)n1-c1cc(OC)cc(OC)c1Br. The molecule has 0 spiro atoms. The Kier molecular flexibility index (Phi) is 15.0. The highest BCUT2D eigenvalue weighted by Gasteiger charge is 2.28. The van der Waals surface area contributed by atoms with Gasteiger partial charge in [0.15, 0.2) is 0 Å². The van der Waals surface area contributed by atoms with Gasteiger partial charge in [0.05, 0.1) is 41.3 Å². The fraction of sp³-hybridized carbons (Fsp3) is 0.475. The Balaban J connectivity index is 1.60. The number of hydrogen-bond donors (Lipinski definition) is 0. The van der Waals surface area contributed by atoms with E-state index in [2.05, 4.69) is 35.0 Å². The predicted octanol–water partition coefficient (Wildman–Crippen LogP) is 10.00. The lowest BCUT2D eigenvalue weighted by Crippen LogP contribution is -2.38. The standard InChI is InChI=1S/C40H52BrN3O4/c1-5-6-7-8-9-10-11-12-13-14-18-25-37(45)43(27-26-31-21-16-15-17-22-31)30(2)39-42-34-24-20-19-23-33(34)40(46)44(39)35-28-32(47-3)29-36(48-4)38(35)41/h15-17,19-24,28-30H,5-14,18,25-27H2,1-4H3. The maximum absolute atomic E-state index is 14.3. The molecule has 4 aromatic rings. The third kappa shape index (κ3) is 9.94. The van der Waals surface area contributed by atoms with Gasteiger partial charge in [0.1, 0.15) is 17.3 Å². The average Bonchev–Trinajstić information content (AvgIpc) is 3.11. The van der Waals surface area contributed by atoms with Gasteiger partial charge in [-0.25, -0.2) is 4.98 Å². The number of halogens is 1. The number of amides is 1. The molecule has 0 saturated carbocycles. The molecular formula is C40H52BrN3O4. The van der Waals surface area contributed by atoms with Crippen molar-refractivity contribution in [1.29, 1.82) is 0 Å². The van der Waals surface area contributed by atoms with E-state index in [1.807, 2.05) is 48.2 Å². The van der Waals surface area contributed by atoms with Crippen LogP contribution in [-0.2, 0) is 11.2 Å². The van der Waals surface area contributed by atoms with Crippen LogP contribution in [0.1, 0.15) is 108 Å². The molecular weight excluding hydrogens is 666 g/mol. The molecule has 258 valence electrons. The molecule has 1 unspecified atom stereocenters. The maximum Gasteiger partial charge on any atom is 0.266 e. The largest absolute Gasteiger partial charge is 0.497 e. The second-order valence-electron chi connectivity index (χ2n) is 12.6. The maximum atomic E-state index is 14.3. The van der Waals surface area contributed by atoms with Crippen LogP contribution < -0.4 is 15.0 Å². The van der Waals surface area contributed by atoms with Crippen molar-refractivity contribution in [2.75, 3.05) is 20.8 Å². The van der Waals surface area contributed by atoms with Gasteiger partial charge in [0.25, 0.3) is 5.56 Å². The van der Waals surface area contributed by atoms with Crippen molar-refractivity contribution in [1.82, 2.24) is 14.5 Å². The molecule has 0 bridgehead atoms. The van der Waals surface area contributed by atoms with E-state index in [0.29, 0.717) is 57.8 Å². The number of rotatable bonds is 20. The number of carbonyl (C=O) groups is 1. The summed E-state index contributed by atoms with van der Waals surface area (Å²) in [7, 11) is 3.16. The zero-order valence-corrected chi connectivity index (χ0v) is 30.8. The number of benzene rings is 3. The van der Waals surface area contributed by atoms with Gasteiger partial charge in [-0.15, -0.1) is 0 Å². The molecule has 0 aliphatic rings. The molecule has 0 N–H and O–H groups in total. The fourth-order valence-corrected chi connectivity index (χ4v) is 6.87. The van der Waals surface area contributed by atoms with Crippen molar-refractivity contribution in [3.8, 4) is 17.2 Å². The van der Waals surface area contributed by atoms with Crippen LogP contribution in [0.4, 0.5) is 0 Å². The van der Waals surface area contributed by atoms with Crippen LogP contribution in [0.25, 0.3) is 16.6 Å². The number of para-hydroxylation sites is 1. The number of hydrogen-bond acceptors (Lipinski definition) is 5. The van der Waals surface area contributed by atoms with Gasteiger partial charge in [-0.2, -0.15) is 0 Å². The van der Waals surface area contributed by atoms with E-state index in [9.17, 15) is 9.59 Å². The van der Waals surface area contributed by atoms with Crippen molar-refractivity contribution < 1.29 is 14.3 Å². The van der Waals surface area contributed by atoms with Crippen molar-refractivity contribution >= 4 is 32.7 Å². The summed E-state index contributed by atoms with van der Waals surface area (Å²) in [5.74, 6) is 1.62. The monoisotopic (exact) mass is 717 g/mol. The Morgan fingerprint density at radius 1 is 0.854 bits per heavy atom. The summed E-state index contributed by atoms with van der Waals surface area (Å²) >= 11 is 3.68. The smallest absolute Gasteiger partial charge is 0.266 e. The third-order valence-electron chi connectivity index (χ3n) is 9.13. The van der Waals surface area contributed by atoms with Gasteiger partial charge in [0.2, 0.25) is 5.91 Å². The minimum atomic E-state index is -0.490. The van der Waals surface area contributed by atoms with Gasteiger partial charge in [-0.05, 0) is 53.4 Å². The lowest BCUT2D eigenvalue weighted by atomic mass is 10.0. The number of unbranched alkanes of at least 4 members (excludes halogenated alkanes) is 10. The van der Waals surface area contributed by atoms with Crippen molar-refractivity contribution in [2.24, 2.45) is 0 Å². The highest BCUT2D eigenvalue weighted by atomic mass is 79.9. The summed E-state index contributed by atoms with van der Waals surface area (Å²) in [4.78, 5) is 35.3. The van der Waals surface area contributed by atoms with E-state index in [4.69, 9.17) is 14.5 Å². The van der Waals surface area contributed by atoms with Gasteiger partial charge in [0, 0.05) is 25.1 Å². The van der Waals surface area contributed by atoms with Crippen LogP contribution in [0, 0.1) is 0 Å². The van der Waals surface area contributed by atoms with Crippen molar-refractivity contribution in [2.45, 2.75) is 103 Å². The quantitative estimate of drug-likeness (QED) is 0.0851. The molecule has 0 fully saturated rings. The molecule has 3 aromatic carbocycles. The molecule has 48 heavy (non-hydrogen) atoms. The summed E-state index contributed by atoms with van der Waals surface area (Å²) in [6.07, 6.45) is 14.7. The van der Waals surface area contributed by atoms with Crippen LogP contribution in [-0.4, -0.2) is 41.1 Å². The summed E-state index contributed by atoms with van der Waals surface area (Å²) in [6, 6.07) is 20.6. The Bertz CT molecular complexity index is 1660. The first-order valence-corrected chi connectivity index (χ1v) is 18.5. The second kappa shape index (κ2) is 19.4. The Hall–Kier alpha value is -3.65. The summed E-state index contributed by atoms with van der Waals surface area (Å²) < 4.78 is 13.4. The number of methoxy groups -OCH3 is 2. The lowest BCUT2D eigenvalue weighted by Gasteiger charge is -2.31. The molecule has 0 aliphatic heterocycles. The van der Waals surface area contributed by atoms with Crippen molar-refractivity contribution in [3.05, 3.63) is 92.9 Å². The molecule has 0 aliphatic carbocycles. The summed E-state index contributed by atoms with van der Waals surface area (Å²) in [6.45, 7) is 4.74. The molecule has 7 nitrogen and oxygen atoms in total. The van der Waals surface area contributed by atoms with E-state index in [-0.39, 0.29) is 11.5 Å². The van der Waals surface area contributed by atoms with Gasteiger partial charge < -0.3 is 14.4 Å². The number of ether oxygens (including phenoxy) is 2. The van der Waals surface area contributed by atoms with Crippen LogP contribution in [0.15, 0.2) is 76.0 Å². The topological polar surface area (TPSA) is 73.7 Å². The summed E-state index contributed by atoms with van der Waals surface area (Å²) in [5.41, 5.74) is 2.06. The molecule has 1 amide bonds. The molecule has 8 heteroatoms. The number of aromatic nitrogens is 2. The van der Waals surface area contributed by atoms with E-state index < -0.39 is 6.04 Å². The number of nitrogens with zero attached hydrogens (tertiary/aromatic N) is 3. The molecule has 1 heterocycles. The lowest BCUT2D eigenvalue weighted by molar-refractivity contribution is -0.133. The molecule has 1 aromatic heterocycles. The highest BCUT2D eigenvalue weighted by Crippen LogP contribution is 2.37. The van der Waals surface area contributed by atoms with E-state index in [0.717, 1.165) is 24.8 Å². The highest BCUT2D eigenvalue weighted by molar-refractivity contribution is 9.10. The summed E-state index contributed by atoms with van der Waals surface area (Å²) in [5, 5.41) is 0.491. The van der Waals surface area contributed by atoms with Gasteiger partial charge >= 0.3 is 0 Å². The zero-order chi connectivity index (χ0) is 34.3. The zero-order valence-electron chi connectivity index (χ0n) is 29.2. The predicted molar refractivity (Wildman–Crippen MR) is 199 cm³/mol. The van der Waals surface area contributed by atoms with Crippen LogP contribution in [0.5, 0.6) is 11.5 Å². The fourth-order valence-electron chi connectivity index (χ4n) is 6.30. The first-order valence-electron chi connectivity index (χ1n) is 17.7. The minimum Gasteiger partial charge on any atom is -0.497 e. The number of fused-ring (bicyclic) bond motifs is 1. The minimum absolute atomic E-state index is 0.0746. The molecule has 0 saturated heterocycles. The average molecular weight is 719 g/mol. The first kappa shape index (κ1) is 37.2. The van der Waals surface area contributed by atoms with Crippen LogP contribution >= 0.6 is 15.9 Å². The van der Waals surface area contributed by atoms with Crippen molar-refractivity contribution in [3.63, 3.8) is 0 Å². The molecule has 1 atom stereocenters. The normalized spacial score (nSPS) is 11.9. The van der Waals surface area contributed by atoms with Gasteiger partial charge in [-0.3, -0.25) is 14.2 Å². The molecule has 4 rings (SSSR count). The van der Waals surface area contributed by atoms with Gasteiger partial charge in [-0.1, -0.05) is 114 Å². The Morgan fingerprint density at radius 2 is 1.48 bits per heavy atom. The van der Waals surface area contributed by atoms with Crippen LogP contribution in [0.3, 0.4) is 0 Å². The Labute approximate surface area is 294 Å². The molecule has 0 radical (unpaired) electrons. The first-order chi connectivity index (χ1) is 23.4. The van der Waals surface area contributed by atoms with E-state index in [1.54, 1.807) is 37.0 Å². The second-order valence-corrected chi connectivity index (χ2v) is 13.4. The van der Waals surface area contributed by atoms with Crippen LogP contribution in [0.2, 0.25) is 0 Å². The Morgan fingerprint density at radius 3 is 2.12 bits per heavy atom. The van der Waals surface area contributed by atoms with E-state index >= 15 is 0 Å². The number of carbonyl (C=O) groups excluding carboxylic acids is 1. The van der Waals surface area contributed by atoms with E-state index in [1.165, 1.54) is 51.4 Å².